The molecule has 0 saturated carbocycles. The van der Waals surface area contributed by atoms with Crippen molar-refractivity contribution in [3.8, 4) is 0 Å². The number of hydrogen-bond donors (Lipinski definition) is 0. The van der Waals surface area contributed by atoms with Crippen molar-refractivity contribution >= 4 is 35.2 Å². The van der Waals surface area contributed by atoms with E-state index in [1.54, 1.807) is 0 Å². The molecule has 0 N–H and O–H groups in total. The second-order valence-electron chi connectivity index (χ2n) is 12.4. The molecule has 0 radical (unpaired) electrons. The number of likely N-dealkylation sites (tertiary alicyclic amines) is 2. The van der Waals surface area contributed by atoms with Gasteiger partial charge in [0.25, 0.3) is 0 Å². The fourth-order valence-corrected chi connectivity index (χ4v) is 4.76. The number of rotatable bonds is 14. The lowest BCUT2D eigenvalue weighted by Crippen LogP contribution is -2.35. The zero-order valence-corrected chi connectivity index (χ0v) is 23.4. The molecule has 9 heteroatoms. The Labute approximate surface area is 220 Å². The number of nitrogens with zero attached hydrogens (tertiary/aromatic N) is 2. The van der Waals surface area contributed by atoms with E-state index in [4.69, 9.17) is 4.74 Å². The normalized spacial score (nSPS) is 20.9. The predicted octanol–water partition coefficient (Wildman–Crippen LogP) is 3.32. The molecule has 2 unspecified atom stereocenters. The van der Waals surface area contributed by atoms with E-state index in [1.807, 2.05) is 41.5 Å². The minimum atomic E-state index is -0.332. The molecule has 0 bridgehead atoms. The van der Waals surface area contributed by atoms with Crippen LogP contribution in [0.2, 0.25) is 0 Å². The van der Waals surface area contributed by atoms with Crippen LogP contribution in [0, 0.1) is 22.7 Å². The zero-order valence-electron chi connectivity index (χ0n) is 23.4. The molecule has 37 heavy (non-hydrogen) atoms. The third-order valence-electron chi connectivity index (χ3n) is 7.30. The smallest absolute Gasteiger partial charge is 0.233 e. The third-order valence-corrected chi connectivity index (χ3v) is 7.30. The number of carbonyl (C=O) groups is 6. The Kier molecular flexibility index (Phi) is 10.7. The van der Waals surface area contributed by atoms with Crippen LogP contribution in [-0.2, 0) is 33.5 Å². The summed E-state index contributed by atoms with van der Waals surface area (Å²) in [7, 11) is 0. The van der Waals surface area contributed by atoms with Crippen LogP contribution in [0.1, 0.15) is 92.9 Å². The van der Waals surface area contributed by atoms with Gasteiger partial charge in [-0.05, 0) is 23.7 Å². The Morgan fingerprint density at radius 2 is 1.03 bits per heavy atom. The molecule has 2 heterocycles. The average Bonchev–Trinajstić information content (AvgIpc) is 3.24. The van der Waals surface area contributed by atoms with Crippen molar-refractivity contribution in [2.24, 2.45) is 22.7 Å². The SMILES string of the molecule is CC(C)(C)C1CC(=O)N(CCC(=O)CCCOCCCC(=O)CCN2C(=O)CC(C(C)(C)C)C2=O)C1=O. The molecule has 2 rings (SSSR count). The first-order valence-electron chi connectivity index (χ1n) is 13.4. The molecular weight excluding hydrogens is 476 g/mol. The molecule has 2 aliphatic rings. The van der Waals surface area contributed by atoms with Gasteiger partial charge in [0, 0.05) is 64.8 Å². The summed E-state index contributed by atoms with van der Waals surface area (Å²) in [6, 6.07) is 0. The molecule has 0 aromatic carbocycles. The highest BCUT2D eigenvalue weighted by molar-refractivity contribution is 6.04. The first kappa shape index (κ1) is 30.8. The van der Waals surface area contributed by atoms with Crippen LogP contribution in [-0.4, -0.2) is 71.3 Å². The van der Waals surface area contributed by atoms with E-state index in [9.17, 15) is 28.8 Å². The summed E-state index contributed by atoms with van der Waals surface area (Å²) in [5.74, 6) is -1.47. The molecule has 2 fully saturated rings. The molecule has 2 saturated heterocycles. The summed E-state index contributed by atoms with van der Waals surface area (Å²) in [6.07, 6.45) is 2.41. The number of ether oxygens (including phenoxy) is 1. The van der Waals surface area contributed by atoms with Gasteiger partial charge in [-0.2, -0.15) is 0 Å². The molecular formula is C28H44N2O7. The number of ketones is 2. The molecule has 0 aliphatic carbocycles. The van der Waals surface area contributed by atoms with Gasteiger partial charge in [0.15, 0.2) is 0 Å². The Balaban J connectivity index is 1.53. The molecule has 0 aromatic heterocycles. The van der Waals surface area contributed by atoms with Crippen LogP contribution in [0.15, 0.2) is 0 Å². The van der Waals surface area contributed by atoms with E-state index >= 15 is 0 Å². The third kappa shape index (κ3) is 8.83. The fraction of sp³-hybridized carbons (Fsp3) is 0.786. The van der Waals surface area contributed by atoms with Gasteiger partial charge in [0.05, 0.1) is 11.8 Å². The van der Waals surface area contributed by atoms with Gasteiger partial charge in [-0.3, -0.25) is 38.6 Å². The number of hydrogen-bond acceptors (Lipinski definition) is 7. The van der Waals surface area contributed by atoms with Gasteiger partial charge >= 0.3 is 0 Å². The summed E-state index contributed by atoms with van der Waals surface area (Å²) in [4.78, 5) is 76.1. The standard InChI is InChI=1S/C28H44N2O7/c1-27(2,3)21-17-23(33)29(25(21)35)13-11-19(31)9-7-15-37-16-8-10-20(32)12-14-30-24(34)18-22(26(30)36)28(4,5)6/h21-22H,7-18H2,1-6H3. The van der Waals surface area contributed by atoms with Crippen molar-refractivity contribution in [1.82, 2.24) is 9.80 Å². The average molecular weight is 521 g/mol. The maximum absolute atomic E-state index is 12.5. The number of imide groups is 2. The molecule has 2 atom stereocenters. The van der Waals surface area contributed by atoms with Crippen LogP contribution in [0.4, 0.5) is 0 Å². The van der Waals surface area contributed by atoms with Gasteiger partial charge in [-0.1, -0.05) is 41.5 Å². The summed E-state index contributed by atoms with van der Waals surface area (Å²) in [5.41, 5.74) is -0.565. The first-order chi connectivity index (χ1) is 17.1. The second kappa shape index (κ2) is 12.9. The Morgan fingerprint density at radius 3 is 1.32 bits per heavy atom. The Hall–Kier alpha value is -2.42. The van der Waals surface area contributed by atoms with Crippen molar-refractivity contribution in [2.75, 3.05) is 26.3 Å². The van der Waals surface area contributed by atoms with E-state index < -0.39 is 0 Å². The van der Waals surface area contributed by atoms with Crippen molar-refractivity contribution in [2.45, 2.75) is 92.9 Å². The minimum Gasteiger partial charge on any atom is -0.381 e. The van der Waals surface area contributed by atoms with Crippen molar-refractivity contribution in [3.05, 3.63) is 0 Å². The van der Waals surface area contributed by atoms with Crippen molar-refractivity contribution in [3.63, 3.8) is 0 Å². The van der Waals surface area contributed by atoms with Gasteiger partial charge in [-0.25, -0.2) is 0 Å². The second-order valence-corrected chi connectivity index (χ2v) is 12.4. The Bertz CT molecular complexity index is 825. The van der Waals surface area contributed by atoms with Crippen molar-refractivity contribution in [1.29, 1.82) is 0 Å². The highest BCUT2D eigenvalue weighted by Crippen LogP contribution is 2.36. The van der Waals surface area contributed by atoms with Gasteiger partial charge in [0.1, 0.15) is 11.6 Å². The van der Waals surface area contributed by atoms with Crippen LogP contribution >= 0.6 is 0 Å². The molecule has 4 amide bonds. The van der Waals surface area contributed by atoms with Gasteiger partial charge in [-0.15, -0.1) is 0 Å². The Morgan fingerprint density at radius 1 is 0.676 bits per heavy atom. The van der Waals surface area contributed by atoms with E-state index in [0.29, 0.717) is 38.9 Å². The van der Waals surface area contributed by atoms with Gasteiger partial charge < -0.3 is 4.74 Å². The highest BCUT2D eigenvalue weighted by Gasteiger charge is 2.45. The van der Waals surface area contributed by atoms with Crippen LogP contribution in [0.3, 0.4) is 0 Å². The van der Waals surface area contributed by atoms with Crippen LogP contribution in [0.5, 0.6) is 0 Å². The quantitative estimate of drug-likeness (QED) is 0.255. The van der Waals surface area contributed by atoms with Crippen LogP contribution < -0.4 is 0 Å². The number of amides is 4. The molecule has 0 aromatic rings. The van der Waals surface area contributed by atoms with Crippen molar-refractivity contribution < 1.29 is 33.5 Å². The monoisotopic (exact) mass is 520 g/mol. The van der Waals surface area contributed by atoms with Crippen LogP contribution in [0.25, 0.3) is 0 Å². The first-order valence-corrected chi connectivity index (χ1v) is 13.4. The van der Waals surface area contributed by atoms with Gasteiger partial charge in [0.2, 0.25) is 23.6 Å². The molecule has 208 valence electrons. The summed E-state index contributed by atoms with van der Waals surface area (Å²) >= 11 is 0. The largest absolute Gasteiger partial charge is 0.381 e. The fourth-order valence-electron chi connectivity index (χ4n) is 4.76. The lowest BCUT2D eigenvalue weighted by Gasteiger charge is -2.24. The molecule has 2 aliphatic heterocycles. The van der Waals surface area contributed by atoms with E-state index in [1.165, 1.54) is 9.80 Å². The highest BCUT2D eigenvalue weighted by atomic mass is 16.5. The summed E-state index contributed by atoms with van der Waals surface area (Å²) < 4.78 is 5.52. The molecule has 9 nitrogen and oxygen atoms in total. The summed E-state index contributed by atoms with van der Waals surface area (Å²) in [5, 5.41) is 0. The van der Waals surface area contributed by atoms with E-state index in [0.717, 1.165) is 0 Å². The zero-order chi connectivity index (χ0) is 28.0. The number of carbonyl (C=O) groups excluding carboxylic acids is 6. The van der Waals surface area contributed by atoms with E-state index in [2.05, 4.69) is 0 Å². The maximum Gasteiger partial charge on any atom is 0.233 e. The molecule has 0 spiro atoms. The topological polar surface area (TPSA) is 118 Å². The number of Topliss-reactive ketones (excluding diaryl/α,β-unsaturated/α-hetero) is 2. The minimum absolute atomic E-state index is 0.0155. The predicted molar refractivity (Wildman–Crippen MR) is 137 cm³/mol. The van der Waals surface area contributed by atoms with E-state index in [-0.39, 0.29) is 96.6 Å². The summed E-state index contributed by atoms with van der Waals surface area (Å²) in [6.45, 7) is 12.7. The maximum atomic E-state index is 12.5. The lowest BCUT2D eigenvalue weighted by molar-refractivity contribution is -0.142. The lowest BCUT2D eigenvalue weighted by atomic mass is 9.80.